The number of amides is 1. The molecule has 2 aromatic heterocycles. The molecule has 1 N–H and O–H groups in total. The lowest BCUT2D eigenvalue weighted by molar-refractivity contribution is -0.126. The molecule has 5 rings (SSSR count). The van der Waals surface area contributed by atoms with Gasteiger partial charge in [-0.2, -0.15) is 5.10 Å². The Morgan fingerprint density at radius 2 is 1.94 bits per heavy atom. The summed E-state index contributed by atoms with van der Waals surface area (Å²) in [5.41, 5.74) is 2.88. The number of nitrogens with one attached hydrogen (secondary N) is 1. The Kier molecular flexibility index (Phi) is 5.49. The molecule has 2 fully saturated rings. The van der Waals surface area contributed by atoms with Crippen molar-refractivity contribution in [1.29, 1.82) is 0 Å². The summed E-state index contributed by atoms with van der Waals surface area (Å²) in [5, 5.41) is 8.01. The predicted octanol–water partition coefficient (Wildman–Crippen LogP) is 3.68. The minimum Gasteiger partial charge on any atom is -0.497 e. The number of carbonyl (C=O) groups is 1. The summed E-state index contributed by atoms with van der Waals surface area (Å²) in [7, 11) is 1.67. The van der Waals surface area contributed by atoms with Crippen LogP contribution in [0.1, 0.15) is 38.5 Å². The molecule has 0 atom stereocenters. The molecule has 3 heterocycles. The topological polar surface area (TPSA) is 71.8 Å². The third-order valence-electron chi connectivity index (χ3n) is 6.60. The molecule has 1 aromatic carbocycles. The van der Waals surface area contributed by atoms with E-state index in [0.29, 0.717) is 6.04 Å². The van der Waals surface area contributed by atoms with Gasteiger partial charge in [0.15, 0.2) is 5.82 Å². The van der Waals surface area contributed by atoms with Crippen molar-refractivity contribution in [2.45, 2.75) is 44.6 Å². The smallest absolute Gasteiger partial charge is 0.223 e. The average Bonchev–Trinajstić information content (AvgIpc) is 3.49. The standard InChI is InChI=1S/C24H29N5O2/c1-31-20-8-4-5-18(15-20)21-16-22-23(25-11-14-29(22)27-21)28-12-9-17(10-13-28)24(30)26-19-6-2-3-7-19/h4-5,8,11,14-17,19H,2-3,6-7,9-10,12-13H2,1H3,(H,26,30). The van der Waals surface area contributed by atoms with Crippen LogP contribution >= 0.6 is 0 Å². The van der Waals surface area contributed by atoms with Gasteiger partial charge in [0, 0.05) is 43.0 Å². The lowest BCUT2D eigenvalue weighted by Crippen LogP contribution is -2.43. The first-order valence-corrected chi connectivity index (χ1v) is 11.3. The van der Waals surface area contributed by atoms with Gasteiger partial charge < -0.3 is 15.0 Å². The summed E-state index contributed by atoms with van der Waals surface area (Å²) in [6.07, 6.45) is 10.1. The van der Waals surface area contributed by atoms with E-state index in [9.17, 15) is 4.79 Å². The molecule has 7 heteroatoms. The molecule has 1 aliphatic heterocycles. The Hall–Kier alpha value is -3.09. The monoisotopic (exact) mass is 419 g/mol. The van der Waals surface area contributed by atoms with Crippen LogP contribution in [0.4, 0.5) is 5.82 Å². The van der Waals surface area contributed by atoms with Gasteiger partial charge in [-0.1, -0.05) is 25.0 Å². The van der Waals surface area contributed by atoms with Crippen LogP contribution in [-0.4, -0.2) is 46.7 Å². The molecule has 0 bridgehead atoms. The molecule has 0 spiro atoms. The fraction of sp³-hybridized carbons (Fsp3) is 0.458. The van der Waals surface area contributed by atoms with Crippen LogP contribution in [-0.2, 0) is 4.79 Å². The van der Waals surface area contributed by atoms with Gasteiger partial charge >= 0.3 is 0 Å². The van der Waals surface area contributed by atoms with Crippen molar-refractivity contribution in [2.24, 2.45) is 5.92 Å². The van der Waals surface area contributed by atoms with Crippen LogP contribution in [0.2, 0.25) is 0 Å². The highest BCUT2D eigenvalue weighted by atomic mass is 16.5. The first-order valence-electron chi connectivity index (χ1n) is 11.3. The number of hydrogen-bond acceptors (Lipinski definition) is 5. The predicted molar refractivity (Wildman–Crippen MR) is 120 cm³/mol. The quantitative estimate of drug-likeness (QED) is 0.683. The number of aromatic nitrogens is 3. The van der Waals surface area contributed by atoms with Gasteiger partial charge in [-0.25, -0.2) is 9.50 Å². The summed E-state index contributed by atoms with van der Waals surface area (Å²) in [6, 6.07) is 10.4. The highest BCUT2D eigenvalue weighted by molar-refractivity contribution is 5.80. The van der Waals surface area contributed by atoms with E-state index in [-0.39, 0.29) is 11.8 Å². The molecule has 3 aromatic rings. The molecule has 2 aliphatic rings. The SMILES string of the molecule is COc1cccc(-c2cc3c(N4CCC(C(=O)NC5CCCC5)CC4)nccn3n2)c1. The fourth-order valence-corrected chi connectivity index (χ4v) is 4.82. The molecule has 0 radical (unpaired) electrons. The van der Waals surface area contributed by atoms with Crippen molar-refractivity contribution in [3.63, 3.8) is 0 Å². The number of methoxy groups -OCH3 is 1. The number of hydrogen-bond donors (Lipinski definition) is 1. The Morgan fingerprint density at radius 3 is 2.71 bits per heavy atom. The number of nitrogens with zero attached hydrogens (tertiary/aromatic N) is 4. The summed E-state index contributed by atoms with van der Waals surface area (Å²) in [6.45, 7) is 1.66. The van der Waals surface area contributed by atoms with Gasteiger partial charge in [-0.3, -0.25) is 4.79 Å². The Morgan fingerprint density at radius 1 is 1.13 bits per heavy atom. The maximum atomic E-state index is 12.7. The average molecular weight is 420 g/mol. The van der Waals surface area contributed by atoms with E-state index >= 15 is 0 Å². The van der Waals surface area contributed by atoms with Gasteiger partial charge in [0.25, 0.3) is 0 Å². The van der Waals surface area contributed by atoms with Crippen LogP contribution in [0.15, 0.2) is 42.7 Å². The molecular formula is C24H29N5O2. The molecule has 7 nitrogen and oxygen atoms in total. The summed E-state index contributed by atoms with van der Waals surface area (Å²) in [5.74, 6) is 2.08. The summed E-state index contributed by atoms with van der Waals surface area (Å²) in [4.78, 5) is 19.6. The van der Waals surface area contributed by atoms with E-state index in [1.807, 2.05) is 35.0 Å². The number of ether oxygens (including phenoxy) is 1. The van der Waals surface area contributed by atoms with Crippen molar-refractivity contribution in [1.82, 2.24) is 19.9 Å². The van der Waals surface area contributed by atoms with E-state index in [4.69, 9.17) is 9.84 Å². The van der Waals surface area contributed by atoms with Gasteiger partial charge in [0.1, 0.15) is 11.3 Å². The lowest BCUT2D eigenvalue weighted by Gasteiger charge is -2.32. The zero-order valence-corrected chi connectivity index (χ0v) is 18.0. The Labute approximate surface area is 182 Å². The fourth-order valence-electron chi connectivity index (χ4n) is 4.82. The van der Waals surface area contributed by atoms with Crippen LogP contribution in [0.3, 0.4) is 0 Å². The van der Waals surface area contributed by atoms with Crippen molar-refractivity contribution in [3.05, 3.63) is 42.7 Å². The molecule has 162 valence electrons. The van der Waals surface area contributed by atoms with Crippen molar-refractivity contribution in [3.8, 4) is 17.0 Å². The Bertz CT molecular complexity index is 1060. The first kappa shape index (κ1) is 19.8. The van der Waals surface area contributed by atoms with Gasteiger partial charge in [-0.15, -0.1) is 0 Å². The second kappa shape index (κ2) is 8.57. The molecule has 1 aliphatic carbocycles. The molecular weight excluding hydrogens is 390 g/mol. The largest absolute Gasteiger partial charge is 0.497 e. The van der Waals surface area contributed by atoms with Gasteiger partial charge in [-0.05, 0) is 43.9 Å². The number of carbonyl (C=O) groups excluding carboxylic acids is 1. The molecule has 1 amide bonds. The van der Waals surface area contributed by atoms with E-state index in [1.54, 1.807) is 13.3 Å². The number of benzene rings is 1. The van der Waals surface area contributed by atoms with E-state index < -0.39 is 0 Å². The molecule has 1 saturated heterocycles. The van der Waals surface area contributed by atoms with Gasteiger partial charge in [0.2, 0.25) is 5.91 Å². The zero-order chi connectivity index (χ0) is 21.2. The third-order valence-corrected chi connectivity index (χ3v) is 6.60. The van der Waals surface area contributed by atoms with Crippen molar-refractivity contribution < 1.29 is 9.53 Å². The number of fused-ring (bicyclic) bond motifs is 1. The zero-order valence-electron chi connectivity index (χ0n) is 18.0. The number of rotatable bonds is 5. The van der Waals surface area contributed by atoms with Crippen molar-refractivity contribution in [2.75, 3.05) is 25.1 Å². The lowest BCUT2D eigenvalue weighted by atomic mass is 9.95. The van der Waals surface area contributed by atoms with Crippen LogP contribution in [0, 0.1) is 5.92 Å². The maximum Gasteiger partial charge on any atom is 0.223 e. The summed E-state index contributed by atoms with van der Waals surface area (Å²) >= 11 is 0. The van der Waals surface area contributed by atoms with E-state index in [0.717, 1.165) is 67.1 Å². The normalized spacial score (nSPS) is 17.9. The summed E-state index contributed by atoms with van der Waals surface area (Å²) < 4.78 is 7.24. The molecule has 0 unspecified atom stereocenters. The van der Waals surface area contributed by atoms with Crippen LogP contribution in [0.25, 0.3) is 16.8 Å². The highest BCUT2D eigenvalue weighted by Gasteiger charge is 2.28. The van der Waals surface area contributed by atoms with Gasteiger partial charge in [0.05, 0.1) is 12.8 Å². The van der Waals surface area contributed by atoms with E-state index in [2.05, 4.69) is 21.3 Å². The van der Waals surface area contributed by atoms with Crippen LogP contribution in [0.5, 0.6) is 5.75 Å². The minimum atomic E-state index is 0.105. The maximum absolute atomic E-state index is 12.7. The molecule has 1 saturated carbocycles. The second-order valence-electron chi connectivity index (χ2n) is 8.59. The second-order valence-corrected chi connectivity index (χ2v) is 8.59. The van der Waals surface area contributed by atoms with E-state index in [1.165, 1.54) is 12.8 Å². The first-order chi connectivity index (χ1) is 15.2. The third kappa shape index (κ3) is 4.09. The van der Waals surface area contributed by atoms with Crippen LogP contribution < -0.4 is 15.0 Å². The number of anilines is 1. The minimum absolute atomic E-state index is 0.105. The number of piperidine rings is 1. The Balaban J connectivity index is 1.31. The van der Waals surface area contributed by atoms with Crippen molar-refractivity contribution >= 4 is 17.2 Å². The molecule has 31 heavy (non-hydrogen) atoms. The highest BCUT2D eigenvalue weighted by Crippen LogP contribution is 2.30.